The molecule has 0 aliphatic heterocycles. The summed E-state index contributed by atoms with van der Waals surface area (Å²) in [7, 11) is -4.77. The number of ether oxygens (including phenoxy) is 2. The average molecular weight is 779 g/mol. The van der Waals surface area contributed by atoms with Gasteiger partial charge in [-0.25, -0.2) is 4.57 Å². The van der Waals surface area contributed by atoms with Crippen LogP contribution in [0.25, 0.3) is 0 Å². The number of esters is 2. The lowest BCUT2D eigenvalue weighted by atomic mass is 10.1. The largest absolute Gasteiger partial charge is 0.469 e. The zero-order valence-electron chi connectivity index (χ0n) is 34.4. The average Bonchev–Trinajstić information content (AvgIpc) is 3.14. The lowest BCUT2D eigenvalue weighted by Gasteiger charge is -2.18. The quantitative estimate of drug-likeness (QED) is 0.0274. The predicted molar refractivity (Wildman–Crippen MR) is 225 cm³/mol. The third-order valence-corrected chi connectivity index (χ3v) is 9.49. The highest BCUT2D eigenvalue weighted by molar-refractivity contribution is 7.46. The van der Waals surface area contributed by atoms with Crippen molar-refractivity contribution in [2.75, 3.05) is 13.2 Å². The molecule has 0 saturated heterocycles. The van der Waals surface area contributed by atoms with Crippen LogP contribution in [0, 0.1) is 0 Å². The van der Waals surface area contributed by atoms with E-state index in [4.69, 9.17) is 19.3 Å². The van der Waals surface area contributed by atoms with Gasteiger partial charge >= 0.3 is 19.8 Å². The van der Waals surface area contributed by atoms with Crippen LogP contribution in [0.4, 0.5) is 0 Å². The molecule has 0 rings (SSSR count). The second-order valence-electron chi connectivity index (χ2n) is 14.3. The molecular formula is C45H79O8P. The first-order chi connectivity index (χ1) is 26.3. The fraction of sp³-hybridized carbons (Fsp3) is 0.733. The molecule has 0 aromatic heterocycles. The number of phosphoric acid groups is 1. The van der Waals surface area contributed by atoms with Crippen LogP contribution in [-0.4, -0.2) is 41.0 Å². The van der Waals surface area contributed by atoms with Crippen LogP contribution in [0.1, 0.15) is 194 Å². The standard InChI is InChI=1S/C45H79O8P/c1-3-5-7-9-11-13-15-17-19-21-22-24-25-27-29-31-33-35-37-39-44(46)51-41-43(42-52-54(48,49)50)53-45(47)40-38-36-34-32-30-28-26-23-20-18-16-14-12-10-8-6-4-2/h12,14,18,20-22,26,28,32,34,43H,3-11,13,15-17,19,23-25,27,29-31,33,35-42H2,1-2H3,(H2,48,49,50)/b14-12-,20-18-,22-21-,28-26-,34-32-/t43-/m1/s1. The van der Waals surface area contributed by atoms with Crippen LogP contribution >= 0.6 is 7.82 Å². The molecule has 0 bridgehead atoms. The van der Waals surface area contributed by atoms with E-state index in [1.165, 1.54) is 103 Å². The highest BCUT2D eigenvalue weighted by Gasteiger charge is 2.22. The van der Waals surface area contributed by atoms with Gasteiger partial charge in [-0.05, 0) is 77.0 Å². The Morgan fingerprint density at radius 3 is 1.35 bits per heavy atom. The van der Waals surface area contributed by atoms with E-state index in [1.54, 1.807) is 0 Å². The summed E-state index contributed by atoms with van der Waals surface area (Å²) < 4.78 is 26.3. The van der Waals surface area contributed by atoms with Gasteiger partial charge in [0.1, 0.15) is 6.61 Å². The van der Waals surface area contributed by atoms with Crippen molar-refractivity contribution in [3.8, 4) is 0 Å². The summed E-state index contributed by atoms with van der Waals surface area (Å²) in [4.78, 5) is 42.8. The molecule has 8 nitrogen and oxygen atoms in total. The summed E-state index contributed by atoms with van der Waals surface area (Å²) in [6, 6.07) is 0. The number of carbonyl (C=O) groups is 2. The molecule has 0 spiro atoms. The third-order valence-electron chi connectivity index (χ3n) is 9.01. The van der Waals surface area contributed by atoms with Crippen molar-refractivity contribution < 1.29 is 37.9 Å². The van der Waals surface area contributed by atoms with Gasteiger partial charge in [0.2, 0.25) is 0 Å². The van der Waals surface area contributed by atoms with Crippen LogP contribution in [0.15, 0.2) is 60.8 Å². The maximum atomic E-state index is 12.4. The van der Waals surface area contributed by atoms with Gasteiger partial charge in [0.25, 0.3) is 0 Å². The molecule has 312 valence electrons. The van der Waals surface area contributed by atoms with Crippen LogP contribution in [0.5, 0.6) is 0 Å². The molecule has 54 heavy (non-hydrogen) atoms. The zero-order valence-corrected chi connectivity index (χ0v) is 35.2. The summed E-state index contributed by atoms with van der Waals surface area (Å²) in [6.07, 6.45) is 50.9. The molecule has 0 fully saturated rings. The van der Waals surface area contributed by atoms with Crippen molar-refractivity contribution in [1.29, 1.82) is 0 Å². The first-order valence-electron chi connectivity index (χ1n) is 21.6. The third kappa shape index (κ3) is 42.5. The molecule has 1 atom stereocenters. The van der Waals surface area contributed by atoms with Crippen LogP contribution in [0.3, 0.4) is 0 Å². The lowest BCUT2D eigenvalue weighted by molar-refractivity contribution is -0.161. The Morgan fingerprint density at radius 1 is 0.481 bits per heavy atom. The van der Waals surface area contributed by atoms with Crippen molar-refractivity contribution in [3.05, 3.63) is 60.8 Å². The maximum absolute atomic E-state index is 12.4. The SMILES string of the molecule is CCCCC/C=C\C/C=C\C/C=C\C/C=C\CCCC(=O)O[C@H](COC(=O)CCCCCCCCC/C=C\CCCCCCCCCC)COP(=O)(O)O. The topological polar surface area (TPSA) is 119 Å². The van der Waals surface area contributed by atoms with E-state index in [0.717, 1.165) is 44.9 Å². The number of allylic oxidation sites excluding steroid dienone is 10. The molecule has 0 aromatic rings. The summed E-state index contributed by atoms with van der Waals surface area (Å²) >= 11 is 0. The Morgan fingerprint density at radius 2 is 0.852 bits per heavy atom. The Bertz CT molecular complexity index is 1060. The van der Waals surface area contributed by atoms with E-state index in [-0.39, 0.29) is 19.4 Å². The Hall–Kier alpha value is -2.25. The van der Waals surface area contributed by atoms with E-state index in [1.807, 2.05) is 6.08 Å². The summed E-state index contributed by atoms with van der Waals surface area (Å²) in [5.74, 6) is -0.956. The molecule has 0 heterocycles. The summed E-state index contributed by atoms with van der Waals surface area (Å²) in [6.45, 7) is 3.61. The van der Waals surface area contributed by atoms with E-state index in [0.29, 0.717) is 19.3 Å². The molecule has 0 aliphatic carbocycles. The van der Waals surface area contributed by atoms with Gasteiger partial charge in [-0.15, -0.1) is 0 Å². The highest BCUT2D eigenvalue weighted by atomic mass is 31.2. The minimum Gasteiger partial charge on any atom is -0.462 e. The maximum Gasteiger partial charge on any atom is 0.469 e. The normalized spacial score (nSPS) is 13.0. The molecule has 2 N–H and O–H groups in total. The molecular weight excluding hydrogens is 699 g/mol. The first-order valence-corrected chi connectivity index (χ1v) is 23.1. The molecule has 0 amide bonds. The molecule has 0 aliphatic rings. The van der Waals surface area contributed by atoms with Gasteiger partial charge < -0.3 is 19.3 Å². The van der Waals surface area contributed by atoms with Crippen LogP contribution < -0.4 is 0 Å². The zero-order chi connectivity index (χ0) is 39.6. The molecule has 9 heteroatoms. The van der Waals surface area contributed by atoms with Crippen molar-refractivity contribution in [2.24, 2.45) is 0 Å². The monoisotopic (exact) mass is 779 g/mol. The number of hydrogen-bond donors (Lipinski definition) is 2. The fourth-order valence-corrected chi connectivity index (χ4v) is 6.13. The second-order valence-corrected chi connectivity index (χ2v) is 15.5. The molecule has 0 unspecified atom stereocenters. The van der Waals surface area contributed by atoms with Gasteiger partial charge in [0, 0.05) is 12.8 Å². The van der Waals surface area contributed by atoms with Crippen molar-refractivity contribution in [3.63, 3.8) is 0 Å². The number of phosphoric ester groups is 1. The van der Waals surface area contributed by atoms with Gasteiger partial charge in [-0.3, -0.25) is 14.1 Å². The number of unbranched alkanes of at least 4 members (excludes halogenated alkanes) is 19. The smallest absolute Gasteiger partial charge is 0.462 e. The lowest BCUT2D eigenvalue weighted by Crippen LogP contribution is -2.29. The second kappa shape index (κ2) is 40.4. The minimum atomic E-state index is -4.77. The highest BCUT2D eigenvalue weighted by Crippen LogP contribution is 2.36. The molecule has 0 saturated carbocycles. The van der Waals surface area contributed by atoms with E-state index < -0.39 is 32.5 Å². The van der Waals surface area contributed by atoms with E-state index in [9.17, 15) is 14.2 Å². The van der Waals surface area contributed by atoms with Gasteiger partial charge in [0.15, 0.2) is 6.10 Å². The fourth-order valence-electron chi connectivity index (χ4n) is 5.77. The predicted octanol–water partition coefficient (Wildman–Crippen LogP) is 13.3. The first kappa shape index (κ1) is 51.8. The van der Waals surface area contributed by atoms with Crippen molar-refractivity contribution in [1.82, 2.24) is 0 Å². The van der Waals surface area contributed by atoms with Gasteiger partial charge in [0.05, 0.1) is 6.61 Å². The van der Waals surface area contributed by atoms with Gasteiger partial charge in [-0.1, -0.05) is 164 Å². The molecule has 0 radical (unpaired) electrons. The Kier molecular flexibility index (Phi) is 38.7. The van der Waals surface area contributed by atoms with Crippen molar-refractivity contribution >= 4 is 19.8 Å². The van der Waals surface area contributed by atoms with Crippen LogP contribution in [0.2, 0.25) is 0 Å². The Labute approximate surface area is 330 Å². The molecule has 0 aromatic carbocycles. The number of hydrogen-bond acceptors (Lipinski definition) is 6. The Balaban J connectivity index is 4.00. The number of rotatable bonds is 39. The summed E-state index contributed by atoms with van der Waals surface area (Å²) in [5.41, 5.74) is 0. The van der Waals surface area contributed by atoms with E-state index in [2.05, 4.69) is 73.1 Å². The van der Waals surface area contributed by atoms with Crippen molar-refractivity contribution in [2.45, 2.75) is 200 Å². The number of carbonyl (C=O) groups excluding carboxylic acids is 2. The van der Waals surface area contributed by atoms with Crippen LogP contribution in [-0.2, 0) is 28.2 Å². The van der Waals surface area contributed by atoms with E-state index >= 15 is 0 Å². The minimum absolute atomic E-state index is 0.133. The van der Waals surface area contributed by atoms with Gasteiger partial charge in [-0.2, -0.15) is 0 Å². The summed E-state index contributed by atoms with van der Waals surface area (Å²) in [5, 5.41) is 0.